The van der Waals surface area contributed by atoms with E-state index in [0.29, 0.717) is 6.04 Å². The van der Waals surface area contributed by atoms with Gasteiger partial charge in [-0.25, -0.2) is 0 Å². The van der Waals surface area contributed by atoms with E-state index < -0.39 is 0 Å². The van der Waals surface area contributed by atoms with Gasteiger partial charge in [0.2, 0.25) is 0 Å². The van der Waals surface area contributed by atoms with Crippen LogP contribution in [0.3, 0.4) is 0 Å². The van der Waals surface area contributed by atoms with E-state index in [1.807, 2.05) is 23.1 Å². The van der Waals surface area contributed by atoms with Crippen LogP contribution in [0.4, 0.5) is 0 Å². The average molecular weight is 284 g/mol. The zero-order valence-electron chi connectivity index (χ0n) is 12.1. The largest absolute Gasteiger partial charge is 0.337 e. The van der Waals surface area contributed by atoms with Crippen LogP contribution in [0.2, 0.25) is 0 Å². The number of fused-ring (bicyclic) bond motifs is 2. The summed E-state index contributed by atoms with van der Waals surface area (Å²) in [6, 6.07) is 6.36. The van der Waals surface area contributed by atoms with Crippen molar-refractivity contribution in [3.8, 4) is 0 Å². The van der Waals surface area contributed by atoms with Gasteiger partial charge in [-0.3, -0.25) is 14.8 Å². The van der Waals surface area contributed by atoms with Gasteiger partial charge in [-0.05, 0) is 37.9 Å². The number of hydrogen-bond acceptors (Lipinski definition) is 3. The Morgan fingerprint density at radius 3 is 3.10 bits per heavy atom. The molecule has 0 radical (unpaired) electrons. The van der Waals surface area contributed by atoms with Crippen molar-refractivity contribution in [2.75, 3.05) is 26.2 Å². The fourth-order valence-corrected chi connectivity index (χ4v) is 3.64. The number of aromatic nitrogens is 2. The molecule has 5 heteroatoms. The SMILES string of the molecule is O=C(c1ccc2cn[nH]c2c1)N1CCCN2CCCC2C1. The highest BCUT2D eigenvalue weighted by Crippen LogP contribution is 2.23. The number of aromatic amines is 1. The van der Waals surface area contributed by atoms with Gasteiger partial charge in [-0.2, -0.15) is 5.10 Å². The third-order valence-corrected chi connectivity index (χ3v) is 4.78. The second-order valence-electron chi connectivity index (χ2n) is 6.11. The molecule has 2 saturated heterocycles. The van der Waals surface area contributed by atoms with E-state index in [1.165, 1.54) is 19.4 Å². The Labute approximate surface area is 123 Å². The maximum Gasteiger partial charge on any atom is 0.253 e. The standard InChI is InChI=1S/C16H20N4O/c21-16(12-4-5-13-10-17-18-15(13)9-12)20-8-2-7-19-6-1-3-14(19)11-20/h4-5,9-10,14H,1-3,6-8,11H2,(H,17,18). The highest BCUT2D eigenvalue weighted by atomic mass is 16.2. The van der Waals surface area contributed by atoms with E-state index >= 15 is 0 Å². The molecule has 1 amide bonds. The summed E-state index contributed by atoms with van der Waals surface area (Å²) < 4.78 is 0. The Kier molecular flexibility index (Phi) is 3.15. The summed E-state index contributed by atoms with van der Waals surface area (Å²) in [4.78, 5) is 17.4. The first kappa shape index (κ1) is 12.8. The summed E-state index contributed by atoms with van der Waals surface area (Å²) in [5.41, 5.74) is 1.69. The van der Waals surface area contributed by atoms with Crippen LogP contribution in [0.25, 0.3) is 10.9 Å². The molecule has 1 aromatic carbocycles. The zero-order chi connectivity index (χ0) is 14.2. The fraction of sp³-hybridized carbons (Fsp3) is 0.500. The third kappa shape index (κ3) is 2.31. The van der Waals surface area contributed by atoms with Crippen molar-refractivity contribution in [2.45, 2.75) is 25.3 Å². The molecule has 1 N–H and O–H groups in total. The molecule has 1 unspecified atom stereocenters. The molecule has 3 heterocycles. The zero-order valence-corrected chi connectivity index (χ0v) is 12.1. The number of carbonyl (C=O) groups excluding carboxylic acids is 1. The van der Waals surface area contributed by atoms with E-state index in [9.17, 15) is 4.79 Å². The Bertz CT molecular complexity index is 665. The average Bonchev–Trinajstić information content (AvgIpc) is 3.10. The highest BCUT2D eigenvalue weighted by Gasteiger charge is 2.30. The van der Waals surface area contributed by atoms with Gasteiger partial charge in [-0.1, -0.05) is 6.07 Å². The number of rotatable bonds is 1. The Hall–Kier alpha value is -1.88. The topological polar surface area (TPSA) is 52.2 Å². The molecule has 1 aromatic heterocycles. The van der Waals surface area contributed by atoms with Crippen molar-refractivity contribution >= 4 is 16.8 Å². The van der Waals surface area contributed by atoms with E-state index in [4.69, 9.17) is 0 Å². The first-order valence-electron chi connectivity index (χ1n) is 7.78. The molecule has 5 nitrogen and oxygen atoms in total. The van der Waals surface area contributed by atoms with E-state index in [-0.39, 0.29) is 5.91 Å². The first-order chi connectivity index (χ1) is 10.3. The lowest BCUT2D eigenvalue weighted by molar-refractivity contribution is 0.0743. The first-order valence-corrected chi connectivity index (χ1v) is 7.78. The second kappa shape index (κ2) is 5.15. The number of amides is 1. The lowest BCUT2D eigenvalue weighted by atomic mass is 10.1. The number of hydrogen-bond donors (Lipinski definition) is 1. The van der Waals surface area contributed by atoms with Crippen LogP contribution in [0, 0.1) is 0 Å². The molecular weight excluding hydrogens is 264 g/mol. The summed E-state index contributed by atoms with van der Waals surface area (Å²) in [6.07, 6.45) is 5.36. The Balaban J connectivity index is 1.57. The fourth-order valence-electron chi connectivity index (χ4n) is 3.64. The van der Waals surface area contributed by atoms with Crippen LogP contribution in [0.5, 0.6) is 0 Å². The monoisotopic (exact) mass is 284 g/mol. The van der Waals surface area contributed by atoms with Gasteiger partial charge < -0.3 is 4.90 Å². The molecule has 4 rings (SSSR count). The van der Waals surface area contributed by atoms with Crippen LogP contribution in [-0.4, -0.2) is 58.1 Å². The van der Waals surface area contributed by atoms with Crippen LogP contribution < -0.4 is 0 Å². The van der Waals surface area contributed by atoms with Gasteiger partial charge in [0.15, 0.2) is 0 Å². The highest BCUT2D eigenvalue weighted by molar-refractivity contribution is 5.97. The maximum absolute atomic E-state index is 12.8. The molecule has 0 aliphatic carbocycles. The van der Waals surface area contributed by atoms with Crippen molar-refractivity contribution in [3.63, 3.8) is 0 Å². The van der Waals surface area contributed by atoms with E-state index in [2.05, 4.69) is 15.1 Å². The van der Waals surface area contributed by atoms with Gasteiger partial charge in [0.25, 0.3) is 5.91 Å². The number of H-pyrrole nitrogens is 1. The summed E-state index contributed by atoms with van der Waals surface area (Å²) >= 11 is 0. The van der Waals surface area contributed by atoms with Crippen LogP contribution >= 0.6 is 0 Å². The van der Waals surface area contributed by atoms with Crippen LogP contribution in [-0.2, 0) is 0 Å². The predicted octanol–water partition coefficient (Wildman–Crippen LogP) is 1.87. The van der Waals surface area contributed by atoms with E-state index in [0.717, 1.165) is 42.5 Å². The summed E-state index contributed by atoms with van der Waals surface area (Å²) in [6.45, 7) is 4.08. The summed E-state index contributed by atoms with van der Waals surface area (Å²) in [5.74, 6) is 0.153. The lowest BCUT2D eigenvalue weighted by Crippen LogP contribution is -2.39. The predicted molar refractivity (Wildman–Crippen MR) is 81.2 cm³/mol. The van der Waals surface area contributed by atoms with Crippen LogP contribution in [0.1, 0.15) is 29.6 Å². The molecular formula is C16H20N4O. The normalized spacial score (nSPS) is 23.2. The molecule has 2 aromatic rings. The smallest absolute Gasteiger partial charge is 0.253 e. The molecule has 21 heavy (non-hydrogen) atoms. The second-order valence-corrected chi connectivity index (χ2v) is 6.11. The van der Waals surface area contributed by atoms with Crippen molar-refractivity contribution in [1.29, 1.82) is 0 Å². The van der Waals surface area contributed by atoms with Crippen LogP contribution in [0.15, 0.2) is 24.4 Å². The van der Waals surface area contributed by atoms with Gasteiger partial charge >= 0.3 is 0 Å². The molecule has 0 bridgehead atoms. The van der Waals surface area contributed by atoms with Gasteiger partial charge in [0, 0.05) is 36.6 Å². The minimum Gasteiger partial charge on any atom is -0.337 e. The quantitative estimate of drug-likeness (QED) is 0.870. The van der Waals surface area contributed by atoms with Crippen molar-refractivity contribution in [2.24, 2.45) is 0 Å². The Morgan fingerprint density at radius 2 is 2.14 bits per heavy atom. The number of nitrogens with one attached hydrogen (secondary N) is 1. The van der Waals surface area contributed by atoms with Gasteiger partial charge in [0.1, 0.15) is 0 Å². The third-order valence-electron chi connectivity index (χ3n) is 4.78. The van der Waals surface area contributed by atoms with Crippen molar-refractivity contribution in [3.05, 3.63) is 30.0 Å². The Morgan fingerprint density at radius 1 is 1.24 bits per heavy atom. The molecule has 0 spiro atoms. The molecule has 2 fully saturated rings. The van der Waals surface area contributed by atoms with E-state index in [1.54, 1.807) is 6.20 Å². The van der Waals surface area contributed by atoms with Crippen molar-refractivity contribution < 1.29 is 4.79 Å². The number of nitrogens with zero attached hydrogens (tertiary/aromatic N) is 3. The minimum atomic E-state index is 0.153. The van der Waals surface area contributed by atoms with Gasteiger partial charge in [-0.15, -0.1) is 0 Å². The minimum absolute atomic E-state index is 0.153. The molecule has 0 saturated carbocycles. The van der Waals surface area contributed by atoms with Gasteiger partial charge in [0.05, 0.1) is 11.7 Å². The number of carbonyl (C=O) groups is 1. The summed E-state index contributed by atoms with van der Waals surface area (Å²) in [5, 5.41) is 8.00. The number of benzene rings is 1. The van der Waals surface area contributed by atoms with Crippen molar-refractivity contribution in [1.82, 2.24) is 20.0 Å². The summed E-state index contributed by atoms with van der Waals surface area (Å²) in [7, 11) is 0. The molecule has 2 aliphatic heterocycles. The molecule has 2 aliphatic rings. The lowest BCUT2D eigenvalue weighted by Gasteiger charge is -2.25. The molecule has 110 valence electrons. The molecule has 1 atom stereocenters. The maximum atomic E-state index is 12.8.